The Morgan fingerprint density at radius 1 is 1.12 bits per heavy atom. The van der Waals surface area contributed by atoms with Crippen LogP contribution < -0.4 is 4.74 Å². The first-order chi connectivity index (χ1) is 15.0. The molecule has 3 aromatic rings. The van der Waals surface area contributed by atoms with Crippen molar-refractivity contribution < 1.29 is 18.3 Å². The molecule has 1 amide bonds. The van der Waals surface area contributed by atoms with Gasteiger partial charge >= 0.3 is 6.11 Å². The first-order valence-electron chi connectivity index (χ1n) is 10.5. The van der Waals surface area contributed by atoms with Crippen molar-refractivity contribution in [1.29, 1.82) is 0 Å². The zero-order chi connectivity index (χ0) is 23.2. The number of pyridine rings is 1. The zero-order valence-electron chi connectivity index (χ0n) is 18.8. The number of carbonyl (C=O) groups excluding carboxylic acids is 1. The zero-order valence-corrected chi connectivity index (χ0v) is 18.8. The van der Waals surface area contributed by atoms with Crippen LogP contribution in [0.25, 0.3) is 16.7 Å². The maximum Gasteiger partial charge on any atom is 0.394 e. The largest absolute Gasteiger partial charge is 0.433 e. The Labute approximate surface area is 185 Å². The maximum absolute atomic E-state index is 13.1. The average molecular weight is 440 g/mol. The van der Waals surface area contributed by atoms with Gasteiger partial charge in [-0.25, -0.2) is 9.67 Å². The molecule has 1 aliphatic rings. The Morgan fingerprint density at radius 3 is 2.38 bits per heavy atom. The summed E-state index contributed by atoms with van der Waals surface area (Å²) in [5.41, 5.74) is 5.12. The second kappa shape index (κ2) is 8.00. The Morgan fingerprint density at radius 2 is 1.78 bits per heavy atom. The molecule has 1 saturated heterocycles. The molecule has 0 spiro atoms. The predicted octanol–water partition coefficient (Wildman–Crippen LogP) is 5.00. The van der Waals surface area contributed by atoms with Gasteiger partial charge in [-0.05, 0) is 63.6 Å². The molecule has 1 aliphatic heterocycles. The summed E-state index contributed by atoms with van der Waals surface area (Å²) in [6, 6.07) is 8.27. The number of benzene rings is 1. The number of carbonyl (C=O) groups is 1. The predicted molar refractivity (Wildman–Crippen MR) is 118 cm³/mol. The average Bonchev–Trinajstić information content (AvgIpc) is 3.06. The number of alkyl halides is 2. The van der Waals surface area contributed by atoms with E-state index in [1.807, 2.05) is 38.7 Å². The first-order valence-corrected chi connectivity index (χ1v) is 10.5. The number of allylic oxidation sites excluding steroid dienone is 1. The third kappa shape index (κ3) is 4.09. The highest BCUT2D eigenvalue weighted by molar-refractivity contribution is 5.94. The van der Waals surface area contributed by atoms with E-state index in [1.165, 1.54) is 12.1 Å². The summed E-state index contributed by atoms with van der Waals surface area (Å²) < 4.78 is 32.6. The number of aromatic nitrogens is 3. The van der Waals surface area contributed by atoms with E-state index < -0.39 is 6.11 Å². The van der Waals surface area contributed by atoms with Crippen LogP contribution in [0.15, 0.2) is 47.7 Å². The van der Waals surface area contributed by atoms with Gasteiger partial charge in [0.15, 0.2) is 5.65 Å². The summed E-state index contributed by atoms with van der Waals surface area (Å²) in [5, 5.41) is 5.80. The Balaban J connectivity index is 1.65. The third-order valence-corrected chi connectivity index (χ3v) is 5.81. The van der Waals surface area contributed by atoms with Gasteiger partial charge in [0, 0.05) is 43.1 Å². The summed E-state index contributed by atoms with van der Waals surface area (Å²) in [6.07, 6.45) is -1.52. The van der Waals surface area contributed by atoms with Gasteiger partial charge in [0.1, 0.15) is 5.75 Å². The molecule has 0 aliphatic carbocycles. The van der Waals surface area contributed by atoms with Crippen LogP contribution in [0.4, 0.5) is 8.78 Å². The highest BCUT2D eigenvalue weighted by Gasteiger charge is 2.36. The summed E-state index contributed by atoms with van der Waals surface area (Å²) in [5.74, 6) is 0.241. The second-order valence-electron chi connectivity index (χ2n) is 8.56. The van der Waals surface area contributed by atoms with E-state index in [4.69, 9.17) is 5.10 Å². The molecule has 0 saturated carbocycles. The second-order valence-corrected chi connectivity index (χ2v) is 8.56. The fraction of sp³-hybridized carbons (Fsp3) is 0.375. The van der Waals surface area contributed by atoms with Gasteiger partial charge in [-0.1, -0.05) is 5.57 Å². The number of ether oxygens (including phenoxy) is 1. The van der Waals surface area contributed by atoms with E-state index in [0.717, 1.165) is 27.8 Å². The fourth-order valence-electron chi connectivity index (χ4n) is 3.82. The van der Waals surface area contributed by atoms with Crippen molar-refractivity contribution in [3.8, 4) is 11.4 Å². The van der Waals surface area contributed by atoms with Crippen LogP contribution >= 0.6 is 0 Å². The van der Waals surface area contributed by atoms with Gasteiger partial charge < -0.3 is 9.64 Å². The van der Waals surface area contributed by atoms with Crippen molar-refractivity contribution in [2.75, 3.05) is 13.1 Å². The minimum absolute atomic E-state index is 0.0585. The summed E-state index contributed by atoms with van der Waals surface area (Å²) >= 11 is 0. The van der Waals surface area contributed by atoms with Crippen molar-refractivity contribution in [2.45, 2.75) is 46.6 Å². The summed E-state index contributed by atoms with van der Waals surface area (Å²) in [4.78, 5) is 19.0. The molecule has 168 valence electrons. The van der Waals surface area contributed by atoms with Crippen molar-refractivity contribution in [3.05, 3.63) is 58.9 Å². The highest BCUT2D eigenvalue weighted by Crippen LogP contribution is 2.35. The van der Waals surface area contributed by atoms with Crippen molar-refractivity contribution in [3.63, 3.8) is 0 Å². The molecule has 8 heteroatoms. The molecule has 4 rings (SSSR count). The van der Waals surface area contributed by atoms with Crippen LogP contribution in [0.2, 0.25) is 0 Å². The van der Waals surface area contributed by atoms with Gasteiger partial charge in [0.2, 0.25) is 5.91 Å². The highest BCUT2D eigenvalue weighted by atomic mass is 19.3. The van der Waals surface area contributed by atoms with Gasteiger partial charge in [-0.3, -0.25) is 4.79 Å². The van der Waals surface area contributed by atoms with Gasteiger partial charge in [0.25, 0.3) is 0 Å². The minimum Gasteiger partial charge on any atom is -0.433 e. The lowest BCUT2D eigenvalue weighted by molar-refractivity contribution is -0.158. The molecule has 0 bridgehead atoms. The normalized spacial score (nSPS) is 14.4. The molecule has 3 heterocycles. The molecule has 1 fully saturated rings. The monoisotopic (exact) mass is 440 g/mol. The smallest absolute Gasteiger partial charge is 0.394 e. The van der Waals surface area contributed by atoms with Gasteiger partial charge in [0.05, 0.1) is 11.4 Å². The van der Waals surface area contributed by atoms with Gasteiger partial charge in [-0.2, -0.15) is 13.9 Å². The number of hydrogen-bond acceptors (Lipinski definition) is 4. The number of aryl methyl sites for hydroxylation is 1. The number of fused-ring (bicyclic) bond motifs is 1. The molecule has 0 N–H and O–H groups in total. The fourth-order valence-corrected chi connectivity index (χ4v) is 3.82. The van der Waals surface area contributed by atoms with Crippen molar-refractivity contribution in [2.24, 2.45) is 0 Å². The topological polar surface area (TPSA) is 60.2 Å². The van der Waals surface area contributed by atoms with E-state index in [9.17, 15) is 13.6 Å². The van der Waals surface area contributed by atoms with Crippen LogP contribution in [0, 0.1) is 6.92 Å². The number of hydrogen-bond donors (Lipinski definition) is 0. The van der Waals surface area contributed by atoms with Crippen LogP contribution in [-0.4, -0.2) is 44.8 Å². The number of nitrogens with zero attached hydrogens (tertiary/aromatic N) is 4. The SMILES string of the molecule is CC(C)=C(C)C(=O)N1CC(c2nn(-c3ccc(OC(C)(F)F)cc3)c3nccc(C)c23)C1. The van der Waals surface area contributed by atoms with E-state index >= 15 is 0 Å². The molecule has 0 atom stereocenters. The third-order valence-electron chi connectivity index (χ3n) is 5.81. The van der Waals surface area contributed by atoms with E-state index in [1.54, 1.807) is 23.0 Å². The van der Waals surface area contributed by atoms with Gasteiger partial charge in [-0.15, -0.1) is 0 Å². The lowest BCUT2D eigenvalue weighted by atomic mass is 9.92. The molecule has 0 unspecified atom stereocenters. The lowest BCUT2D eigenvalue weighted by Crippen LogP contribution is -2.49. The maximum atomic E-state index is 13.1. The lowest BCUT2D eigenvalue weighted by Gasteiger charge is -2.39. The standard InChI is InChI=1S/C24H26F2N4O2/c1-14(2)16(4)23(31)29-12-17(13-29)21-20-15(3)10-11-27-22(20)30(28-21)18-6-8-19(9-7-18)32-24(5,25)26/h6-11,17H,12-13H2,1-5H3. The van der Waals surface area contributed by atoms with Crippen molar-refractivity contribution in [1.82, 2.24) is 19.7 Å². The number of amides is 1. The van der Waals surface area contributed by atoms with Crippen LogP contribution in [0.1, 0.15) is 44.9 Å². The summed E-state index contributed by atoms with van der Waals surface area (Å²) in [6.45, 7) is 9.64. The molecule has 1 aromatic carbocycles. The Hall–Kier alpha value is -3.29. The minimum atomic E-state index is -3.25. The van der Waals surface area contributed by atoms with Crippen LogP contribution in [0.5, 0.6) is 5.75 Å². The molecular weight excluding hydrogens is 414 g/mol. The van der Waals surface area contributed by atoms with Crippen molar-refractivity contribution >= 4 is 16.9 Å². The van der Waals surface area contributed by atoms with Crippen LogP contribution in [-0.2, 0) is 4.79 Å². The number of likely N-dealkylation sites (tertiary alicyclic amines) is 1. The Bertz CT molecular complexity index is 1200. The molecular formula is C24H26F2N4O2. The molecule has 2 aromatic heterocycles. The Kier molecular flexibility index (Phi) is 5.48. The molecule has 32 heavy (non-hydrogen) atoms. The molecule has 0 radical (unpaired) electrons. The molecule has 6 nitrogen and oxygen atoms in total. The number of halogens is 2. The van der Waals surface area contributed by atoms with E-state index in [0.29, 0.717) is 31.3 Å². The number of rotatable bonds is 5. The first kappa shape index (κ1) is 21.9. The quantitative estimate of drug-likeness (QED) is 0.524. The van der Waals surface area contributed by atoms with E-state index in [-0.39, 0.29) is 17.6 Å². The van der Waals surface area contributed by atoms with Crippen LogP contribution in [0.3, 0.4) is 0 Å². The van der Waals surface area contributed by atoms with E-state index in [2.05, 4.69) is 9.72 Å². The summed E-state index contributed by atoms with van der Waals surface area (Å²) in [7, 11) is 0.